The van der Waals surface area contributed by atoms with Crippen LogP contribution in [0.25, 0.3) is 0 Å². The highest BCUT2D eigenvalue weighted by atomic mass is 79.9. The van der Waals surface area contributed by atoms with Crippen molar-refractivity contribution in [2.45, 2.75) is 32.9 Å². The van der Waals surface area contributed by atoms with E-state index in [4.69, 9.17) is 11.6 Å². The largest absolute Gasteiger partial charge is 0.334 e. The van der Waals surface area contributed by atoms with Gasteiger partial charge in [-0.3, -0.25) is 0 Å². The number of aryl methyl sites for hydroxylation is 1. The third kappa shape index (κ3) is 3.43. The smallest absolute Gasteiger partial charge is 0.130 e. The van der Waals surface area contributed by atoms with Crippen molar-refractivity contribution >= 4 is 27.5 Å². The van der Waals surface area contributed by atoms with Crippen LogP contribution in [-0.2, 0) is 6.54 Å². The van der Waals surface area contributed by atoms with Gasteiger partial charge in [-0.25, -0.2) is 4.98 Å². The summed E-state index contributed by atoms with van der Waals surface area (Å²) in [5.41, 5.74) is 1.16. The Labute approximate surface area is 133 Å². The van der Waals surface area contributed by atoms with Crippen LogP contribution in [0.1, 0.15) is 37.7 Å². The van der Waals surface area contributed by atoms with Crippen LogP contribution in [0.15, 0.2) is 35.1 Å². The summed E-state index contributed by atoms with van der Waals surface area (Å²) in [7, 11) is 0. The minimum Gasteiger partial charge on any atom is -0.334 e. The predicted molar refractivity (Wildman–Crippen MR) is 87.2 cm³/mol. The van der Waals surface area contributed by atoms with Gasteiger partial charge in [0.25, 0.3) is 0 Å². The van der Waals surface area contributed by atoms with Gasteiger partial charge in [-0.05, 0) is 37.6 Å². The van der Waals surface area contributed by atoms with Crippen molar-refractivity contribution in [3.05, 3.63) is 51.5 Å². The molecule has 1 atom stereocenters. The zero-order valence-corrected chi connectivity index (χ0v) is 14.1. The number of benzene rings is 1. The van der Waals surface area contributed by atoms with Gasteiger partial charge >= 0.3 is 0 Å². The van der Waals surface area contributed by atoms with E-state index in [1.165, 1.54) is 0 Å². The van der Waals surface area contributed by atoms with Crippen molar-refractivity contribution in [2.75, 3.05) is 6.54 Å². The summed E-state index contributed by atoms with van der Waals surface area (Å²) >= 11 is 9.65. The maximum atomic E-state index is 6.04. The Morgan fingerprint density at radius 3 is 2.85 bits per heavy atom. The molecule has 0 radical (unpaired) electrons. The normalized spacial score (nSPS) is 12.6. The first-order chi connectivity index (χ1) is 9.67. The van der Waals surface area contributed by atoms with Crippen LogP contribution < -0.4 is 5.32 Å². The molecule has 0 saturated heterocycles. The number of hydrogen-bond donors (Lipinski definition) is 1. The molecular formula is C15H19BrClN3. The zero-order valence-electron chi connectivity index (χ0n) is 11.7. The van der Waals surface area contributed by atoms with E-state index in [2.05, 4.69) is 50.7 Å². The first kappa shape index (κ1) is 15.5. The maximum Gasteiger partial charge on any atom is 0.130 e. The number of imidazole rings is 1. The third-order valence-electron chi connectivity index (χ3n) is 3.22. The number of hydrogen-bond acceptors (Lipinski definition) is 2. The van der Waals surface area contributed by atoms with E-state index >= 15 is 0 Å². The highest BCUT2D eigenvalue weighted by Gasteiger charge is 2.20. The molecule has 1 unspecified atom stereocenters. The molecule has 0 spiro atoms. The van der Waals surface area contributed by atoms with Crippen molar-refractivity contribution in [1.29, 1.82) is 0 Å². The number of halogens is 2. The molecule has 108 valence electrons. The van der Waals surface area contributed by atoms with Crippen LogP contribution in [0.5, 0.6) is 0 Å². The Morgan fingerprint density at radius 2 is 2.20 bits per heavy atom. The van der Waals surface area contributed by atoms with Gasteiger partial charge in [0.05, 0.1) is 6.04 Å². The van der Waals surface area contributed by atoms with E-state index in [0.29, 0.717) is 0 Å². The van der Waals surface area contributed by atoms with Crippen molar-refractivity contribution in [3.63, 3.8) is 0 Å². The molecular weight excluding hydrogens is 338 g/mol. The fourth-order valence-electron chi connectivity index (χ4n) is 2.21. The van der Waals surface area contributed by atoms with Crippen LogP contribution in [0.2, 0.25) is 5.02 Å². The molecule has 0 aliphatic heterocycles. The Hall–Kier alpha value is -0.840. The predicted octanol–water partition coefficient (Wildman–Crippen LogP) is 4.41. The molecule has 0 aliphatic carbocycles. The van der Waals surface area contributed by atoms with Crippen LogP contribution >= 0.6 is 27.5 Å². The van der Waals surface area contributed by atoms with Gasteiger partial charge in [-0.15, -0.1) is 0 Å². The van der Waals surface area contributed by atoms with Crippen LogP contribution in [0.4, 0.5) is 0 Å². The van der Waals surface area contributed by atoms with Gasteiger partial charge in [-0.2, -0.15) is 0 Å². The zero-order chi connectivity index (χ0) is 14.5. The lowest BCUT2D eigenvalue weighted by atomic mass is 10.1. The van der Waals surface area contributed by atoms with E-state index in [1.54, 1.807) is 0 Å². The standard InChI is InChI=1S/C15H19BrClN3/c1-3-7-18-14(15-19-8-9-20(15)4-2)12-6-5-11(17)10-13(12)16/h5-6,8-10,14,18H,3-4,7H2,1-2H3. The highest BCUT2D eigenvalue weighted by molar-refractivity contribution is 9.10. The van der Waals surface area contributed by atoms with E-state index in [1.807, 2.05) is 24.5 Å². The molecule has 20 heavy (non-hydrogen) atoms. The fourth-order valence-corrected chi connectivity index (χ4v) is 3.12. The average Bonchev–Trinajstić information content (AvgIpc) is 2.89. The van der Waals surface area contributed by atoms with Crippen LogP contribution in [0, 0.1) is 0 Å². The van der Waals surface area contributed by atoms with Crippen molar-refractivity contribution in [3.8, 4) is 0 Å². The summed E-state index contributed by atoms with van der Waals surface area (Å²) in [6, 6.07) is 5.96. The number of nitrogens with zero attached hydrogens (tertiary/aromatic N) is 2. The molecule has 2 aromatic rings. The molecule has 2 rings (SSSR count). The summed E-state index contributed by atoms with van der Waals surface area (Å²) in [5.74, 6) is 1.03. The molecule has 0 saturated carbocycles. The van der Waals surface area contributed by atoms with Gasteiger partial charge in [0.2, 0.25) is 0 Å². The van der Waals surface area contributed by atoms with Gasteiger partial charge in [0, 0.05) is 28.4 Å². The molecule has 1 N–H and O–H groups in total. The van der Waals surface area contributed by atoms with E-state index in [0.717, 1.165) is 40.4 Å². The molecule has 0 aliphatic rings. The second-order valence-electron chi connectivity index (χ2n) is 4.62. The number of rotatable bonds is 6. The summed E-state index contributed by atoms with van der Waals surface area (Å²) in [5, 5.41) is 4.30. The monoisotopic (exact) mass is 355 g/mol. The summed E-state index contributed by atoms with van der Waals surface area (Å²) in [4.78, 5) is 4.53. The topological polar surface area (TPSA) is 29.9 Å². The minimum absolute atomic E-state index is 0.0662. The maximum absolute atomic E-state index is 6.04. The second kappa shape index (κ2) is 7.25. The average molecular weight is 357 g/mol. The Morgan fingerprint density at radius 1 is 1.40 bits per heavy atom. The molecule has 1 aromatic heterocycles. The van der Waals surface area contributed by atoms with Gasteiger partial charge in [0.1, 0.15) is 5.82 Å². The highest BCUT2D eigenvalue weighted by Crippen LogP contribution is 2.30. The lowest BCUT2D eigenvalue weighted by Gasteiger charge is -2.21. The van der Waals surface area contributed by atoms with Gasteiger partial charge in [-0.1, -0.05) is 40.5 Å². The Balaban J connectivity index is 2.41. The van der Waals surface area contributed by atoms with Crippen LogP contribution in [0.3, 0.4) is 0 Å². The molecule has 3 nitrogen and oxygen atoms in total. The molecule has 1 heterocycles. The molecule has 1 aromatic carbocycles. The third-order valence-corrected chi connectivity index (χ3v) is 4.14. The molecule has 0 fully saturated rings. The lowest BCUT2D eigenvalue weighted by Crippen LogP contribution is -2.26. The molecule has 5 heteroatoms. The van der Waals surface area contributed by atoms with Crippen molar-refractivity contribution < 1.29 is 0 Å². The van der Waals surface area contributed by atoms with Crippen molar-refractivity contribution in [2.24, 2.45) is 0 Å². The van der Waals surface area contributed by atoms with Crippen molar-refractivity contribution in [1.82, 2.24) is 14.9 Å². The SMILES string of the molecule is CCCNC(c1ccc(Cl)cc1Br)c1nccn1CC. The van der Waals surface area contributed by atoms with E-state index in [-0.39, 0.29) is 6.04 Å². The molecule has 0 bridgehead atoms. The summed E-state index contributed by atoms with van der Waals surface area (Å²) < 4.78 is 3.17. The Bertz CT molecular complexity index is 568. The van der Waals surface area contributed by atoms with E-state index < -0.39 is 0 Å². The fraction of sp³-hybridized carbons (Fsp3) is 0.400. The summed E-state index contributed by atoms with van der Waals surface area (Å²) in [6.45, 7) is 6.13. The first-order valence-corrected chi connectivity index (χ1v) is 8.03. The Kier molecular flexibility index (Phi) is 5.64. The van der Waals surface area contributed by atoms with Gasteiger partial charge < -0.3 is 9.88 Å². The van der Waals surface area contributed by atoms with Crippen LogP contribution in [-0.4, -0.2) is 16.1 Å². The number of nitrogens with one attached hydrogen (secondary N) is 1. The lowest BCUT2D eigenvalue weighted by molar-refractivity contribution is 0.540. The quantitative estimate of drug-likeness (QED) is 0.831. The van der Waals surface area contributed by atoms with Gasteiger partial charge in [0.15, 0.2) is 0 Å². The van der Waals surface area contributed by atoms with E-state index in [9.17, 15) is 0 Å². The minimum atomic E-state index is 0.0662. The summed E-state index contributed by atoms with van der Waals surface area (Å²) in [6.07, 6.45) is 4.94. The molecule has 0 amide bonds. The first-order valence-electron chi connectivity index (χ1n) is 6.86. The second-order valence-corrected chi connectivity index (χ2v) is 5.92. The number of aromatic nitrogens is 2.